The number of β-amino-alcohol motifs (C(OH)–C–C–N with tert-alkyl or cyclic N) is 1. The highest BCUT2D eigenvalue weighted by molar-refractivity contribution is 6.34. The van der Waals surface area contributed by atoms with E-state index < -0.39 is 11.8 Å². The van der Waals surface area contributed by atoms with Gasteiger partial charge in [-0.25, -0.2) is 0 Å². The summed E-state index contributed by atoms with van der Waals surface area (Å²) in [5.41, 5.74) is 0.714. The Balaban J connectivity index is 1.76. The number of piperazine rings is 1. The molecule has 0 aliphatic carbocycles. The van der Waals surface area contributed by atoms with Crippen LogP contribution in [0.5, 0.6) is 0 Å². The first kappa shape index (κ1) is 15.4. The fraction of sp³-hybridized carbons (Fsp3) is 0.500. The Hall–Kier alpha value is -1.99. The van der Waals surface area contributed by atoms with Crippen molar-refractivity contribution in [3.05, 3.63) is 30.1 Å². The minimum atomic E-state index is -0.601. The lowest BCUT2D eigenvalue weighted by atomic mass is 10.3. The van der Waals surface area contributed by atoms with Crippen molar-refractivity contribution in [3.63, 3.8) is 0 Å². The highest BCUT2D eigenvalue weighted by atomic mass is 16.3. The van der Waals surface area contributed by atoms with Crippen molar-refractivity contribution >= 4 is 11.8 Å². The lowest BCUT2D eigenvalue weighted by Gasteiger charge is -2.33. The van der Waals surface area contributed by atoms with Crippen LogP contribution in [0, 0.1) is 0 Å². The number of pyridine rings is 1. The third-order valence-electron chi connectivity index (χ3n) is 3.43. The van der Waals surface area contributed by atoms with Crippen LogP contribution in [-0.4, -0.2) is 71.0 Å². The van der Waals surface area contributed by atoms with Gasteiger partial charge in [-0.3, -0.25) is 19.5 Å². The van der Waals surface area contributed by atoms with Crippen LogP contribution in [0.2, 0.25) is 0 Å². The quantitative estimate of drug-likeness (QED) is 0.683. The molecule has 1 aliphatic heterocycles. The summed E-state index contributed by atoms with van der Waals surface area (Å²) in [5.74, 6) is -1.11. The van der Waals surface area contributed by atoms with Crippen molar-refractivity contribution in [1.29, 1.82) is 0 Å². The Morgan fingerprint density at radius 2 is 2.00 bits per heavy atom. The molecule has 1 aliphatic rings. The Morgan fingerprint density at radius 3 is 2.62 bits per heavy atom. The van der Waals surface area contributed by atoms with Crippen molar-refractivity contribution < 1.29 is 14.7 Å². The second kappa shape index (κ2) is 7.70. The summed E-state index contributed by atoms with van der Waals surface area (Å²) in [6, 6.07) is 5.41. The van der Waals surface area contributed by atoms with Gasteiger partial charge in [0.05, 0.1) is 18.8 Å². The molecule has 2 N–H and O–H groups in total. The summed E-state index contributed by atoms with van der Waals surface area (Å²) in [6.45, 7) is 3.34. The molecule has 2 rings (SSSR count). The van der Waals surface area contributed by atoms with Crippen molar-refractivity contribution in [2.75, 3.05) is 39.3 Å². The van der Waals surface area contributed by atoms with Gasteiger partial charge in [0.1, 0.15) is 0 Å². The molecule has 7 nitrogen and oxygen atoms in total. The molecule has 0 aromatic carbocycles. The fourth-order valence-electron chi connectivity index (χ4n) is 2.21. The molecule has 1 aromatic rings. The maximum atomic E-state index is 12.0. The number of hydrogen-bond donors (Lipinski definition) is 2. The van der Waals surface area contributed by atoms with Crippen LogP contribution in [-0.2, 0) is 16.1 Å². The van der Waals surface area contributed by atoms with Gasteiger partial charge in [0.25, 0.3) is 0 Å². The van der Waals surface area contributed by atoms with Crippen LogP contribution in [0.1, 0.15) is 5.69 Å². The largest absolute Gasteiger partial charge is 0.395 e. The zero-order chi connectivity index (χ0) is 15.1. The first-order valence-corrected chi connectivity index (χ1v) is 7.01. The molecule has 0 spiro atoms. The predicted molar refractivity (Wildman–Crippen MR) is 76.2 cm³/mol. The number of nitrogens with zero attached hydrogens (tertiary/aromatic N) is 3. The third kappa shape index (κ3) is 4.51. The van der Waals surface area contributed by atoms with E-state index in [2.05, 4.69) is 15.2 Å². The summed E-state index contributed by atoms with van der Waals surface area (Å²) in [6.07, 6.45) is 1.64. The zero-order valence-electron chi connectivity index (χ0n) is 11.9. The summed E-state index contributed by atoms with van der Waals surface area (Å²) in [4.78, 5) is 31.5. The van der Waals surface area contributed by atoms with E-state index in [1.807, 2.05) is 6.07 Å². The number of carbonyl (C=O) groups excluding carboxylic acids is 2. The molecule has 1 aromatic heterocycles. The Bertz CT molecular complexity index is 472. The summed E-state index contributed by atoms with van der Waals surface area (Å²) in [5, 5.41) is 11.5. The average molecular weight is 292 g/mol. The number of amides is 2. The van der Waals surface area contributed by atoms with Gasteiger partial charge in [0.2, 0.25) is 0 Å². The SMILES string of the molecule is O=C(NCc1ccccn1)C(=O)N1CCN(CCO)CC1. The molecule has 114 valence electrons. The number of carbonyl (C=O) groups is 2. The van der Waals surface area contributed by atoms with Gasteiger partial charge in [0.15, 0.2) is 0 Å². The summed E-state index contributed by atoms with van der Waals surface area (Å²) in [7, 11) is 0. The van der Waals surface area contributed by atoms with Crippen LogP contribution < -0.4 is 5.32 Å². The molecule has 0 radical (unpaired) electrons. The van der Waals surface area contributed by atoms with Crippen LogP contribution in [0.15, 0.2) is 24.4 Å². The van der Waals surface area contributed by atoms with E-state index in [0.29, 0.717) is 38.4 Å². The van der Waals surface area contributed by atoms with Crippen LogP contribution in [0.25, 0.3) is 0 Å². The standard InChI is InChI=1S/C14H20N4O3/c19-10-9-17-5-7-18(8-6-17)14(21)13(20)16-11-12-3-1-2-4-15-12/h1-4,19H,5-11H2,(H,16,20). The Morgan fingerprint density at radius 1 is 1.24 bits per heavy atom. The predicted octanol–water partition coefficient (Wildman–Crippen LogP) is -1.17. The minimum Gasteiger partial charge on any atom is -0.395 e. The summed E-state index contributed by atoms with van der Waals surface area (Å²) >= 11 is 0. The van der Waals surface area contributed by atoms with Crippen LogP contribution in [0.3, 0.4) is 0 Å². The van der Waals surface area contributed by atoms with Crippen LogP contribution in [0.4, 0.5) is 0 Å². The molecule has 0 atom stereocenters. The highest BCUT2D eigenvalue weighted by Crippen LogP contribution is 2.02. The van der Waals surface area contributed by atoms with Gasteiger partial charge in [-0.1, -0.05) is 6.07 Å². The van der Waals surface area contributed by atoms with E-state index in [1.54, 1.807) is 23.2 Å². The minimum absolute atomic E-state index is 0.110. The smallest absolute Gasteiger partial charge is 0.311 e. The monoisotopic (exact) mass is 292 g/mol. The maximum Gasteiger partial charge on any atom is 0.311 e. The topological polar surface area (TPSA) is 85.8 Å². The Kier molecular flexibility index (Phi) is 5.65. The molecular weight excluding hydrogens is 272 g/mol. The second-order valence-corrected chi connectivity index (χ2v) is 4.86. The van der Waals surface area contributed by atoms with E-state index >= 15 is 0 Å². The maximum absolute atomic E-state index is 12.0. The summed E-state index contributed by atoms with van der Waals surface area (Å²) < 4.78 is 0. The van der Waals surface area contributed by atoms with Gasteiger partial charge in [-0.05, 0) is 12.1 Å². The molecule has 0 bridgehead atoms. The van der Waals surface area contributed by atoms with Gasteiger partial charge in [0, 0.05) is 38.9 Å². The van der Waals surface area contributed by atoms with Crippen molar-refractivity contribution in [3.8, 4) is 0 Å². The normalized spacial score (nSPS) is 15.8. The molecule has 21 heavy (non-hydrogen) atoms. The third-order valence-corrected chi connectivity index (χ3v) is 3.43. The molecule has 1 saturated heterocycles. The molecule has 2 heterocycles. The van der Waals surface area contributed by atoms with E-state index in [9.17, 15) is 9.59 Å². The van der Waals surface area contributed by atoms with Gasteiger partial charge >= 0.3 is 11.8 Å². The van der Waals surface area contributed by atoms with E-state index in [0.717, 1.165) is 0 Å². The number of rotatable bonds is 4. The lowest BCUT2D eigenvalue weighted by molar-refractivity contribution is -0.147. The van der Waals surface area contributed by atoms with Crippen molar-refractivity contribution in [1.82, 2.24) is 20.1 Å². The molecule has 7 heteroatoms. The fourth-order valence-corrected chi connectivity index (χ4v) is 2.21. The van der Waals surface area contributed by atoms with Gasteiger partial charge < -0.3 is 15.3 Å². The number of nitrogens with one attached hydrogen (secondary N) is 1. The van der Waals surface area contributed by atoms with E-state index in [1.165, 1.54) is 0 Å². The lowest BCUT2D eigenvalue weighted by Crippen LogP contribution is -2.52. The van der Waals surface area contributed by atoms with Crippen molar-refractivity contribution in [2.24, 2.45) is 0 Å². The van der Waals surface area contributed by atoms with Crippen molar-refractivity contribution in [2.45, 2.75) is 6.54 Å². The molecule has 0 unspecified atom stereocenters. The first-order chi connectivity index (χ1) is 10.2. The van der Waals surface area contributed by atoms with Gasteiger partial charge in [-0.2, -0.15) is 0 Å². The average Bonchev–Trinajstić information content (AvgIpc) is 2.54. The zero-order valence-corrected chi connectivity index (χ0v) is 11.9. The number of aromatic nitrogens is 1. The number of aliphatic hydroxyl groups excluding tert-OH is 1. The van der Waals surface area contributed by atoms with Crippen LogP contribution >= 0.6 is 0 Å². The number of hydrogen-bond acceptors (Lipinski definition) is 5. The molecule has 1 fully saturated rings. The number of aliphatic hydroxyl groups is 1. The highest BCUT2D eigenvalue weighted by Gasteiger charge is 2.25. The van der Waals surface area contributed by atoms with E-state index in [4.69, 9.17) is 5.11 Å². The second-order valence-electron chi connectivity index (χ2n) is 4.86. The molecule has 2 amide bonds. The molecular formula is C14H20N4O3. The van der Waals surface area contributed by atoms with Gasteiger partial charge in [-0.15, -0.1) is 0 Å². The first-order valence-electron chi connectivity index (χ1n) is 7.01. The molecule has 0 saturated carbocycles. The Labute approximate surface area is 123 Å². The van der Waals surface area contributed by atoms with E-state index in [-0.39, 0.29) is 13.2 Å².